The van der Waals surface area contributed by atoms with Gasteiger partial charge in [0.05, 0.1) is 17.9 Å². The van der Waals surface area contributed by atoms with Gasteiger partial charge in [-0.2, -0.15) is 0 Å². The van der Waals surface area contributed by atoms with Gasteiger partial charge in [-0.1, -0.05) is 35.9 Å². The average Bonchev–Trinajstić information content (AvgIpc) is 3.33. The van der Waals surface area contributed by atoms with E-state index in [4.69, 9.17) is 4.74 Å². The molecular formula is C21H23N3O2. The molecule has 1 fully saturated rings. The number of aromatic nitrogens is 3. The van der Waals surface area contributed by atoms with Gasteiger partial charge >= 0.3 is 5.97 Å². The molecule has 0 saturated heterocycles. The van der Waals surface area contributed by atoms with Crippen molar-refractivity contribution in [2.45, 2.75) is 44.4 Å². The predicted octanol–water partition coefficient (Wildman–Crippen LogP) is 3.57. The molecule has 5 nitrogen and oxygen atoms in total. The highest BCUT2D eigenvalue weighted by atomic mass is 16.5. The first-order valence-electron chi connectivity index (χ1n) is 8.90. The molecule has 2 aromatic heterocycles. The molecule has 134 valence electrons. The van der Waals surface area contributed by atoms with Gasteiger partial charge in [0.2, 0.25) is 0 Å². The van der Waals surface area contributed by atoms with Crippen molar-refractivity contribution in [2.24, 2.45) is 0 Å². The zero-order valence-corrected chi connectivity index (χ0v) is 15.6. The summed E-state index contributed by atoms with van der Waals surface area (Å²) in [6, 6.07) is 12.5. The lowest BCUT2D eigenvalue weighted by molar-refractivity contribution is -0.146. The van der Waals surface area contributed by atoms with Crippen molar-refractivity contribution in [1.29, 1.82) is 0 Å². The molecule has 0 atom stereocenters. The van der Waals surface area contributed by atoms with E-state index in [1.807, 2.05) is 36.6 Å². The minimum absolute atomic E-state index is 0.0822. The van der Waals surface area contributed by atoms with E-state index in [1.54, 1.807) is 0 Å². The number of aryl methyl sites for hydroxylation is 1. The van der Waals surface area contributed by atoms with Gasteiger partial charge in [0.25, 0.3) is 0 Å². The normalized spacial score (nSPS) is 15.8. The van der Waals surface area contributed by atoms with Crippen LogP contribution in [0.5, 0.6) is 0 Å². The van der Waals surface area contributed by atoms with Gasteiger partial charge in [-0.25, -0.2) is 0 Å². The third kappa shape index (κ3) is 2.34. The third-order valence-electron chi connectivity index (χ3n) is 5.59. The minimum Gasteiger partial charge on any atom is -0.468 e. The summed E-state index contributed by atoms with van der Waals surface area (Å²) in [6.45, 7) is 5.81. The Bertz CT molecular complexity index is 982. The molecule has 1 saturated carbocycles. The standard InChI is InChI=1S/C21H23N3O2/c1-14-7-9-15(10-8-14)21(11-12-21)18-23-22-17-16(6-5-13-24(17)18)20(2,3)19(25)26-4/h5-10,13H,11-12H2,1-4H3. The van der Waals surface area contributed by atoms with E-state index in [1.165, 1.54) is 18.2 Å². The fourth-order valence-corrected chi connectivity index (χ4v) is 3.73. The SMILES string of the molecule is COC(=O)C(C)(C)c1cccn2c(C3(c4ccc(C)cc4)CC3)nnc12. The van der Waals surface area contributed by atoms with E-state index < -0.39 is 5.41 Å². The molecule has 4 rings (SSSR count). The smallest absolute Gasteiger partial charge is 0.315 e. The zero-order chi connectivity index (χ0) is 18.5. The molecule has 0 spiro atoms. The molecule has 3 aromatic rings. The quantitative estimate of drug-likeness (QED) is 0.676. The Hall–Kier alpha value is -2.69. The van der Waals surface area contributed by atoms with Gasteiger partial charge < -0.3 is 4.74 Å². The molecule has 0 N–H and O–H groups in total. The predicted molar refractivity (Wildman–Crippen MR) is 99.2 cm³/mol. The number of nitrogens with zero attached hydrogens (tertiary/aromatic N) is 3. The molecule has 0 aliphatic heterocycles. The summed E-state index contributed by atoms with van der Waals surface area (Å²) in [5.74, 6) is 0.661. The Morgan fingerprint density at radius 2 is 1.85 bits per heavy atom. The second kappa shape index (κ2) is 5.66. The molecular weight excluding hydrogens is 326 g/mol. The maximum absolute atomic E-state index is 12.3. The highest BCUT2D eigenvalue weighted by Crippen LogP contribution is 2.52. The van der Waals surface area contributed by atoms with Crippen molar-refractivity contribution in [1.82, 2.24) is 14.6 Å². The third-order valence-corrected chi connectivity index (χ3v) is 5.59. The summed E-state index contributed by atoms with van der Waals surface area (Å²) < 4.78 is 7.02. The molecule has 2 heterocycles. The maximum atomic E-state index is 12.3. The number of fused-ring (bicyclic) bond motifs is 1. The second-order valence-corrected chi connectivity index (χ2v) is 7.70. The highest BCUT2D eigenvalue weighted by molar-refractivity contribution is 5.84. The molecule has 1 aromatic carbocycles. The van der Waals surface area contributed by atoms with Gasteiger partial charge in [0.1, 0.15) is 5.82 Å². The molecule has 0 bridgehead atoms. The van der Waals surface area contributed by atoms with Crippen LogP contribution in [0.4, 0.5) is 0 Å². The number of carbonyl (C=O) groups is 1. The number of benzene rings is 1. The van der Waals surface area contributed by atoms with Crippen LogP contribution >= 0.6 is 0 Å². The molecule has 26 heavy (non-hydrogen) atoms. The van der Waals surface area contributed by atoms with Crippen LogP contribution in [0.15, 0.2) is 42.6 Å². The lowest BCUT2D eigenvalue weighted by Gasteiger charge is -2.22. The van der Waals surface area contributed by atoms with Crippen molar-refractivity contribution in [3.05, 3.63) is 65.1 Å². The van der Waals surface area contributed by atoms with Crippen LogP contribution < -0.4 is 0 Å². The first kappa shape index (κ1) is 16.8. The number of carbonyl (C=O) groups excluding carboxylic acids is 1. The molecule has 1 aliphatic carbocycles. The van der Waals surface area contributed by atoms with E-state index in [9.17, 15) is 4.79 Å². The van der Waals surface area contributed by atoms with Crippen molar-refractivity contribution in [3.63, 3.8) is 0 Å². The van der Waals surface area contributed by atoms with Gasteiger partial charge in [-0.05, 0) is 45.2 Å². The van der Waals surface area contributed by atoms with E-state index >= 15 is 0 Å². The van der Waals surface area contributed by atoms with E-state index in [2.05, 4.69) is 41.4 Å². The van der Waals surface area contributed by atoms with E-state index in [0.717, 1.165) is 29.9 Å². The maximum Gasteiger partial charge on any atom is 0.315 e. The molecule has 0 amide bonds. The Morgan fingerprint density at radius 1 is 1.15 bits per heavy atom. The van der Waals surface area contributed by atoms with Crippen LogP contribution in [-0.4, -0.2) is 27.7 Å². The van der Waals surface area contributed by atoms with Crippen molar-refractivity contribution in [2.75, 3.05) is 7.11 Å². The lowest BCUT2D eigenvalue weighted by Crippen LogP contribution is -2.31. The van der Waals surface area contributed by atoms with E-state index in [0.29, 0.717) is 0 Å². The van der Waals surface area contributed by atoms with Gasteiger partial charge in [-0.3, -0.25) is 9.20 Å². The zero-order valence-electron chi connectivity index (χ0n) is 15.6. The summed E-state index contributed by atoms with van der Waals surface area (Å²) >= 11 is 0. The Labute approximate surface area is 153 Å². The number of hydrogen-bond acceptors (Lipinski definition) is 4. The Morgan fingerprint density at radius 3 is 2.46 bits per heavy atom. The minimum atomic E-state index is -0.790. The van der Waals surface area contributed by atoms with Crippen LogP contribution in [-0.2, 0) is 20.4 Å². The summed E-state index contributed by atoms with van der Waals surface area (Å²) in [5, 5.41) is 9.00. The Kier molecular flexibility index (Phi) is 3.65. The first-order valence-corrected chi connectivity index (χ1v) is 8.90. The number of esters is 1. The topological polar surface area (TPSA) is 56.5 Å². The van der Waals surface area contributed by atoms with E-state index in [-0.39, 0.29) is 11.4 Å². The molecule has 0 radical (unpaired) electrons. The highest BCUT2D eigenvalue weighted by Gasteiger charge is 2.50. The molecule has 1 aliphatic rings. The average molecular weight is 349 g/mol. The largest absolute Gasteiger partial charge is 0.468 e. The van der Waals surface area contributed by atoms with Crippen LogP contribution in [0.25, 0.3) is 5.65 Å². The monoisotopic (exact) mass is 349 g/mol. The second-order valence-electron chi connectivity index (χ2n) is 7.70. The first-order chi connectivity index (χ1) is 12.4. The molecule has 0 unspecified atom stereocenters. The Balaban J connectivity index is 1.86. The summed E-state index contributed by atoms with van der Waals surface area (Å²) in [5.41, 5.74) is 3.19. The van der Waals surface area contributed by atoms with Crippen LogP contribution in [0, 0.1) is 6.92 Å². The molecule has 5 heteroatoms. The van der Waals surface area contributed by atoms with Gasteiger partial charge in [0.15, 0.2) is 5.65 Å². The summed E-state index contributed by atoms with van der Waals surface area (Å²) in [7, 11) is 1.41. The van der Waals surface area contributed by atoms with Crippen LogP contribution in [0.3, 0.4) is 0 Å². The summed E-state index contributed by atoms with van der Waals surface area (Å²) in [4.78, 5) is 12.3. The fraction of sp³-hybridized carbons (Fsp3) is 0.381. The number of pyridine rings is 1. The van der Waals surface area contributed by atoms with Crippen molar-refractivity contribution < 1.29 is 9.53 Å². The van der Waals surface area contributed by atoms with Crippen LogP contribution in [0.1, 0.15) is 49.2 Å². The van der Waals surface area contributed by atoms with Crippen LogP contribution in [0.2, 0.25) is 0 Å². The lowest BCUT2D eigenvalue weighted by atomic mass is 9.85. The van der Waals surface area contributed by atoms with Gasteiger partial charge in [0, 0.05) is 11.8 Å². The number of hydrogen-bond donors (Lipinski definition) is 0. The number of methoxy groups -OCH3 is 1. The van der Waals surface area contributed by atoms with Crippen molar-refractivity contribution in [3.8, 4) is 0 Å². The summed E-state index contributed by atoms with van der Waals surface area (Å²) in [6.07, 6.45) is 4.10. The van der Waals surface area contributed by atoms with Crippen molar-refractivity contribution >= 4 is 11.6 Å². The number of rotatable bonds is 4. The number of ether oxygens (including phenoxy) is 1. The fourth-order valence-electron chi connectivity index (χ4n) is 3.73. The van der Waals surface area contributed by atoms with Gasteiger partial charge in [-0.15, -0.1) is 10.2 Å².